The summed E-state index contributed by atoms with van der Waals surface area (Å²) in [6.07, 6.45) is 1.74. The maximum absolute atomic E-state index is 12.5. The molecule has 0 saturated carbocycles. The number of ether oxygens (including phenoxy) is 4. The molecule has 1 N–H and O–H groups in total. The van der Waals surface area contributed by atoms with Gasteiger partial charge in [0.15, 0.2) is 22.5 Å². The van der Waals surface area contributed by atoms with E-state index in [9.17, 15) is 4.79 Å². The normalized spacial score (nSPS) is 10.5. The number of amides is 1. The van der Waals surface area contributed by atoms with Crippen molar-refractivity contribution >= 4 is 23.4 Å². The molecule has 1 amide bonds. The van der Waals surface area contributed by atoms with Crippen LogP contribution in [0, 0.1) is 0 Å². The SMILES string of the molecule is C=CCn1c(SCC(=O)Nc2ccc(OCC)cc2)nnc1-c1cc(OC)c(OC)c(OC)c1. The highest BCUT2D eigenvalue weighted by atomic mass is 32.2. The van der Waals surface area contributed by atoms with E-state index in [1.54, 1.807) is 51.7 Å². The number of aromatic nitrogens is 3. The first-order chi connectivity index (χ1) is 16.5. The second-order valence-corrected chi connectivity index (χ2v) is 7.86. The molecule has 34 heavy (non-hydrogen) atoms. The van der Waals surface area contributed by atoms with Gasteiger partial charge >= 0.3 is 0 Å². The Morgan fingerprint density at radius 1 is 1.09 bits per heavy atom. The molecule has 0 aliphatic rings. The Balaban J connectivity index is 1.77. The van der Waals surface area contributed by atoms with Gasteiger partial charge in [-0.25, -0.2) is 0 Å². The van der Waals surface area contributed by atoms with Crippen LogP contribution in [-0.2, 0) is 11.3 Å². The van der Waals surface area contributed by atoms with Gasteiger partial charge in [-0.05, 0) is 43.3 Å². The van der Waals surface area contributed by atoms with Crippen molar-refractivity contribution in [2.24, 2.45) is 0 Å². The van der Waals surface area contributed by atoms with E-state index in [0.29, 0.717) is 47.1 Å². The Labute approximate surface area is 203 Å². The first kappa shape index (κ1) is 25.0. The van der Waals surface area contributed by atoms with Crippen LogP contribution < -0.4 is 24.3 Å². The fraction of sp³-hybridized carbons (Fsp3) is 0.292. The number of nitrogens with zero attached hydrogens (tertiary/aromatic N) is 3. The van der Waals surface area contributed by atoms with Crippen LogP contribution >= 0.6 is 11.8 Å². The standard InChI is InChI=1S/C24H28N4O5S/c1-6-12-28-23(16-13-19(30-3)22(32-5)20(14-16)31-4)26-27-24(28)34-15-21(29)25-17-8-10-18(11-9-17)33-7-2/h6,8-11,13-14H,1,7,12,15H2,2-5H3,(H,25,29). The number of carbonyl (C=O) groups excluding carboxylic acids is 1. The summed E-state index contributed by atoms with van der Waals surface area (Å²) < 4.78 is 23.6. The van der Waals surface area contributed by atoms with Crippen LogP contribution in [0.15, 0.2) is 54.2 Å². The molecule has 0 radical (unpaired) electrons. The first-order valence-electron chi connectivity index (χ1n) is 10.5. The predicted octanol–water partition coefficient (Wildman–Crippen LogP) is 4.29. The number of hydrogen-bond donors (Lipinski definition) is 1. The lowest BCUT2D eigenvalue weighted by Gasteiger charge is -2.14. The van der Waals surface area contributed by atoms with Crippen LogP contribution in [-0.4, -0.2) is 54.4 Å². The monoisotopic (exact) mass is 484 g/mol. The molecule has 1 heterocycles. The summed E-state index contributed by atoms with van der Waals surface area (Å²) in [7, 11) is 4.66. The van der Waals surface area contributed by atoms with Crippen molar-refractivity contribution in [3.8, 4) is 34.4 Å². The lowest BCUT2D eigenvalue weighted by atomic mass is 10.1. The van der Waals surface area contributed by atoms with E-state index in [1.807, 2.05) is 23.6 Å². The fourth-order valence-electron chi connectivity index (χ4n) is 3.24. The van der Waals surface area contributed by atoms with Crippen molar-refractivity contribution < 1.29 is 23.7 Å². The molecule has 0 aliphatic carbocycles. The van der Waals surface area contributed by atoms with Crippen molar-refractivity contribution in [3.05, 3.63) is 49.1 Å². The minimum absolute atomic E-state index is 0.156. The average Bonchev–Trinajstić information content (AvgIpc) is 3.25. The van der Waals surface area contributed by atoms with Gasteiger partial charge < -0.3 is 24.3 Å². The van der Waals surface area contributed by atoms with E-state index in [4.69, 9.17) is 18.9 Å². The van der Waals surface area contributed by atoms with Crippen molar-refractivity contribution in [1.82, 2.24) is 14.8 Å². The molecule has 0 saturated heterocycles. The number of hydrogen-bond acceptors (Lipinski definition) is 8. The molecule has 180 valence electrons. The smallest absolute Gasteiger partial charge is 0.234 e. The van der Waals surface area contributed by atoms with Crippen LogP contribution in [0.4, 0.5) is 5.69 Å². The van der Waals surface area contributed by atoms with Gasteiger partial charge in [0.1, 0.15) is 5.75 Å². The summed E-state index contributed by atoms with van der Waals surface area (Å²) in [6, 6.07) is 10.8. The zero-order valence-electron chi connectivity index (χ0n) is 19.7. The average molecular weight is 485 g/mol. The fourth-order valence-corrected chi connectivity index (χ4v) is 3.99. The van der Waals surface area contributed by atoms with E-state index in [0.717, 1.165) is 11.3 Å². The molecule has 3 rings (SSSR count). The van der Waals surface area contributed by atoms with Crippen molar-refractivity contribution in [2.75, 3.05) is 39.0 Å². The second kappa shape index (κ2) is 12.0. The highest BCUT2D eigenvalue weighted by Crippen LogP contribution is 2.41. The third kappa shape index (κ3) is 5.82. The summed E-state index contributed by atoms with van der Waals surface area (Å²) in [5.74, 6) is 2.86. The van der Waals surface area contributed by atoms with E-state index in [1.165, 1.54) is 11.8 Å². The topological polar surface area (TPSA) is 96.7 Å². The van der Waals surface area contributed by atoms with Gasteiger partial charge in [0.2, 0.25) is 11.7 Å². The molecule has 0 bridgehead atoms. The van der Waals surface area contributed by atoms with Gasteiger partial charge in [0, 0.05) is 17.8 Å². The van der Waals surface area contributed by atoms with E-state index in [2.05, 4.69) is 22.1 Å². The van der Waals surface area contributed by atoms with Gasteiger partial charge in [-0.15, -0.1) is 16.8 Å². The molecular formula is C24H28N4O5S. The largest absolute Gasteiger partial charge is 0.494 e. The summed E-state index contributed by atoms with van der Waals surface area (Å²) in [5.41, 5.74) is 1.43. The van der Waals surface area contributed by atoms with Crippen LogP contribution in [0.25, 0.3) is 11.4 Å². The second-order valence-electron chi connectivity index (χ2n) is 6.91. The Hall–Kier alpha value is -3.66. The maximum Gasteiger partial charge on any atom is 0.234 e. The van der Waals surface area contributed by atoms with Gasteiger partial charge in [0.25, 0.3) is 0 Å². The van der Waals surface area contributed by atoms with Gasteiger partial charge in [0.05, 0.1) is 33.7 Å². The molecule has 1 aromatic heterocycles. The molecule has 0 aliphatic heterocycles. The van der Waals surface area contributed by atoms with E-state index < -0.39 is 0 Å². The minimum Gasteiger partial charge on any atom is -0.494 e. The number of methoxy groups -OCH3 is 3. The number of rotatable bonds is 12. The van der Waals surface area contributed by atoms with Crippen molar-refractivity contribution in [3.63, 3.8) is 0 Å². The van der Waals surface area contributed by atoms with Crippen molar-refractivity contribution in [2.45, 2.75) is 18.6 Å². The number of thioether (sulfide) groups is 1. The molecule has 0 atom stereocenters. The maximum atomic E-state index is 12.5. The van der Waals surface area contributed by atoms with Crippen LogP contribution in [0.3, 0.4) is 0 Å². The Kier molecular flexibility index (Phi) is 8.80. The number of carbonyl (C=O) groups is 1. The van der Waals surface area contributed by atoms with E-state index >= 15 is 0 Å². The Bertz CT molecular complexity index is 1110. The third-order valence-electron chi connectivity index (χ3n) is 4.73. The molecular weight excluding hydrogens is 456 g/mol. The molecule has 2 aromatic carbocycles. The van der Waals surface area contributed by atoms with Crippen LogP contribution in [0.5, 0.6) is 23.0 Å². The molecule has 0 spiro atoms. The van der Waals surface area contributed by atoms with Crippen LogP contribution in [0.2, 0.25) is 0 Å². The summed E-state index contributed by atoms with van der Waals surface area (Å²) in [4.78, 5) is 12.5. The third-order valence-corrected chi connectivity index (χ3v) is 5.70. The molecule has 3 aromatic rings. The molecule has 0 unspecified atom stereocenters. The van der Waals surface area contributed by atoms with Gasteiger partial charge in [-0.1, -0.05) is 17.8 Å². The highest BCUT2D eigenvalue weighted by molar-refractivity contribution is 7.99. The number of benzene rings is 2. The number of anilines is 1. The van der Waals surface area contributed by atoms with Gasteiger partial charge in [-0.3, -0.25) is 9.36 Å². The number of allylic oxidation sites excluding steroid dienone is 1. The summed E-state index contributed by atoms with van der Waals surface area (Å²) in [5, 5.41) is 12.1. The lowest BCUT2D eigenvalue weighted by Crippen LogP contribution is -2.14. The zero-order chi connectivity index (χ0) is 24.5. The van der Waals surface area contributed by atoms with E-state index in [-0.39, 0.29) is 11.7 Å². The lowest BCUT2D eigenvalue weighted by molar-refractivity contribution is -0.113. The molecule has 10 heteroatoms. The summed E-state index contributed by atoms with van der Waals surface area (Å²) >= 11 is 1.29. The predicted molar refractivity (Wildman–Crippen MR) is 132 cm³/mol. The van der Waals surface area contributed by atoms with Gasteiger partial charge in [-0.2, -0.15) is 0 Å². The summed E-state index contributed by atoms with van der Waals surface area (Å²) in [6.45, 7) is 6.80. The molecule has 0 fully saturated rings. The Morgan fingerprint density at radius 3 is 2.32 bits per heavy atom. The number of nitrogens with one attached hydrogen (secondary N) is 1. The Morgan fingerprint density at radius 2 is 1.76 bits per heavy atom. The van der Waals surface area contributed by atoms with Crippen LogP contribution in [0.1, 0.15) is 6.92 Å². The minimum atomic E-state index is -0.156. The van der Waals surface area contributed by atoms with Crippen molar-refractivity contribution in [1.29, 1.82) is 0 Å². The first-order valence-corrected chi connectivity index (χ1v) is 11.5. The highest BCUT2D eigenvalue weighted by Gasteiger charge is 2.20. The molecule has 9 nitrogen and oxygen atoms in total. The quantitative estimate of drug-likeness (QED) is 0.300. The zero-order valence-corrected chi connectivity index (χ0v) is 20.5.